The van der Waals surface area contributed by atoms with Gasteiger partial charge in [0.15, 0.2) is 0 Å². The summed E-state index contributed by atoms with van der Waals surface area (Å²) in [4.78, 5) is 8.80. The summed E-state index contributed by atoms with van der Waals surface area (Å²) in [6, 6.07) is 5.90. The summed E-state index contributed by atoms with van der Waals surface area (Å²) in [5.41, 5.74) is 9.23. The molecule has 1 aliphatic rings. The Kier molecular flexibility index (Phi) is 5.55. The van der Waals surface area contributed by atoms with Gasteiger partial charge in [-0.2, -0.15) is 4.98 Å². The van der Waals surface area contributed by atoms with Crippen molar-refractivity contribution in [2.45, 2.75) is 19.3 Å². The first kappa shape index (κ1) is 17.3. The molecule has 1 aliphatic heterocycles. The Hall–Kier alpha value is -2.54. The summed E-state index contributed by atoms with van der Waals surface area (Å²) in [5.74, 6) is 2.76. The lowest BCUT2D eigenvalue weighted by Crippen LogP contribution is -2.16. The van der Waals surface area contributed by atoms with Crippen molar-refractivity contribution in [1.82, 2.24) is 15.3 Å². The van der Waals surface area contributed by atoms with E-state index < -0.39 is 0 Å². The third kappa shape index (κ3) is 4.30. The average Bonchev–Trinajstić information content (AvgIpc) is 2.86. The van der Waals surface area contributed by atoms with E-state index >= 15 is 0 Å². The monoisotopic (exact) mass is 343 g/mol. The second kappa shape index (κ2) is 8.02. The Morgan fingerprint density at radius 1 is 1.08 bits per heavy atom. The van der Waals surface area contributed by atoms with Gasteiger partial charge in [-0.3, -0.25) is 0 Å². The zero-order chi connectivity index (χ0) is 17.6. The molecule has 4 N–H and O–H groups in total. The van der Waals surface area contributed by atoms with Gasteiger partial charge in [-0.05, 0) is 37.1 Å². The fraction of sp³-hybridized carbons (Fsp3) is 0.444. The smallest absolute Gasteiger partial charge is 0.222 e. The van der Waals surface area contributed by atoms with Gasteiger partial charge in [0.05, 0.1) is 19.9 Å². The largest absolute Gasteiger partial charge is 0.497 e. The number of hydrogen-bond acceptors (Lipinski definition) is 7. The number of hydrogen-bond donors (Lipinski definition) is 3. The van der Waals surface area contributed by atoms with Gasteiger partial charge >= 0.3 is 0 Å². The molecule has 7 heteroatoms. The maximum atomic E-state index is 5.88. The lowest BCUT2D eigenvalue weighted by atomic mass is 10.1. The molecular formula is C18H25N5O2. The number of ether oxygens (including phenoxy) is 2. The van der Waals surface area contributed by atoms with Crippen LogP contribution in [0.2, 0.25) is 0 Å². The normalized spacial score (nSPS) is 13.7. The molecule has 2 aromatic rings. The van der Waals surface area contributed by atoms with E-state index in [2.05, 4.69) is 20.6 Å². The van der Waals surface area contributed by atoms with Gasteiger partial charge in [-0.15, -0.1) is 0 Å². The molecule has 0 saturated heterocycles. The molecule has 0 fully saturated rings. The summed E-state index contributed by atoms with van der Waals surface area (Å²) in [7, 11) is 3.31. The van der Waals surface area contributed by atoms with Crippen LogP contribution in [-0.4, -0.2) is 43.8 Å². The van der Waals surface area contributed by atoms with Crippen LogP contribution in [0.4, 0.5) is 11.8 Å². The van der Waals surface area contributed by atoms with Crippen LogP contribution in [0, 0.1) is 0 Å². The van der Waals surface area contributed by atoms with Crippen LogP contribution in [0.25, 0.3) is 0 Å². The molecule has 0 spiro atoms. The van der Waals surface area contributed by atoms with Gasteiger partial charge < -0.3 is 25.8 Å². The Bertz CT molecular complexity index is 713. The predicted molar refractivity (Wildman–Crippen MR) is 98.5 cm³/mol. The third-order valence-electron chi connectivity index (χ3n) is 4.32. The van der Waals surface area contributed by atoms with Crippen LogP contribution in [-0.2, 0) is 19.3 Å². The molecule has 0 amide bonds. The Balaban J connectivity index is 1.71. The molecule has 0 aliphatic carbocycles. The minimum absolute atomic E-state index is 0.325. The van der Waals surface area contributed by atoms with Crippen LogP contribution in [0.3, 0.4) is 0 Å². The van der Waals surface area contributed by atoms with Crippen LogP contribution in [0.5, 0.6) is 11.5 Å². The highest BCUT2D eigenvalue weighted by molar-refractivity contribution is 5.50. The Morgan fingerprint density at radius 2 is 1.80 bits per heavy atom. The van der Waals surface area contributed by atoms with Gasteiger partial charge in [-0.25, -0.2) is 4.98 Å². The highest BCUT2D eigenvalue weighted by atomic mass is 16.5. The van der Waals surface area contributed by atoms with E-state index in [1.165, 1.54) is 5.56 Å². The topological polar surface area (TPSA) is 94.3 Å². The fourth-order valence-corrected chi connectivity index (χ4v) is 3.05. The lowest BCUT2D eigenvalue weighted by Gasteiger charge is -2.14. The van der Waals surface area contributed by atoms with Crippen LogP contribution in [0.15, 0.2) is 18.2 Å². The molecule has 134 valence electrons. The first-order valence-electron chi connectivity index (χ1n) is 8.51. The number of nitrogen functional groups attached to an aromatic ring is 1. The van der Waals surface area contributed by atoms with Gasteiger partial charge in [0.25, 0.3) is 0 Å². The SMILES string of the molecule is COc1cc(CCNc2nc(N)nc3c2CCNCC3)cc(OC)c1. The molecule has 1 aromatic carbocycles. The van der Waals surface area contributed by atoms with Crippen LogP contribution in [0.1, 0.15) is 16.8 Å². The van der Waals surface area contributed by atoms with Crippen molar-refractivity contribution >= 4 is 11.8 Å². The molecule has 2 heterocycles. The van der Waals surface area contributed by atoms with E-state index in [0.29, 0.717) is 5.95 Å². The van der Waals surface area contributed by atoms with Crippen molar-refractivity contribution in [2.24, 2.45) is 0 Å². The maximum absolute atomic E-state index is 5.88. The van der Waals surface area contributed by atoms with Crippen molar-refractivity contribution in [2.75, 3.05) is 44.9 Å². The zero-order valence-corrected chi connectivity index (χ0v) is 14.8. The molecule has 0 atom stereocenters. The Morgan fingerprint density at radius 3 is 2.52 bits per heavy atom. The molecule has 25 heavy (non-hydrogen) atoms. The number of fused-ring (bicyclic) bond motifs is 1. The number of aromatic nitrogens is 2. The molecule has 7 nitrogen and oxygen atoms in total. The summed E-state index contributed by atoms with van der Waals surface area (Å²) in [6.07, 6.45) is 2.61. The third-order valence-corrected chi connectivity index (χ3v) is 4.32. The number of nitrogens with one attached hydrogen (secondary N) is 2. The highest BCUT2D eigenvalue weighted by Crippen LogP contribution is 2.24. The highest BCUT2D eigenvalue weighted by Gasteiger charge is 2.15. The van der Waals surface area contributed by atoms with Crippen molar-refractivity contribution in [1.29, 1.82) is 0 Å². The van der Waals surface area contributed by atoms with Crippen LogP contribution >= 0.6 is 0 Å². The number of methoxy groups -OCH3 is 2. The van der Waals surface area contributed by atoms with E-state index in [-0.39, 0.29) is 0 Å². The number of anilines is 2. The van der Waals surface area contributed by atoms with E-state index in [0.717, 1.165) is 67.5 Å². The minimum atomic E-state index is 0.325. The number of nitrogens with zero attached hydrogens (tertiary/aromatic N) is 2. The maximum Gasteiger partial charge on any atom is 0.222 e. The Labute approximate surface area is 148 Å². The average molecular weight is 343 g/mol. The van der Waals surface area contributed by atoms with Crippen molar-refractivity contribution in [3.8, 4) is 11.5 Å². The predicted octanol–water partition coefficient (Wildman–Crippen LogP) is 1.42. The number of benzene rings is 1. The van der Waals surface area contributed by atoms with E-state index in [9.17, 15) is 0 Å². The molecular weight excluding hydrogens is 318 g/mol. The summed E-state index contributed by atoms with van der Waals surface area (Å²) >= 11 is 0. The van der Waals surface area contributed by atoms with Gasteiger partial charge in [0.1, 0.15) is 17.3 Å². The molecule has 1 aromatic heterocycles. The standard InChI is InChI=1S/C18H25N5O2/c1-24-13-9-12(10-14(11-13)25-2)3-8-21-17-15-4-6-20-7-5-16(15)22-18(19)23-17/h9-11,20H,3-8H2,1-2H3,(H3,19,21,22,23). The van der Waals surface area contributed by atoms with E-state index in [4.69, 9.17) is 15.2 Å². The van der Waals surface area contributed by atoms with E-state index in [1.807, 2.05) is 18.2 Å². The summed E-state index contributed by atoms with van der Waals surface area (Å²) in [6.45, 7) is 2.60. The van der Waals surface area contributed by atoms with E-state index in [1.54, 1.807) is 14.2 Å². The van der Waals surface area contributed by atoms with Crippen LogP contribution < -0.4 is 25.8 Å². The molecule has 0 radical (unpaired) electrons. The number of rotatable bonds is 6. The van der Waals surface area contributed by atoms with Gasteiger partial charge in [-0.1, -0.05) is 0 Å². The molecule has 0 saturated carbocycles. The van der Waals surface area contributed by atoms with Crippen molar-refractivity contribution in [3.63, 3.8) is 0 Å². The number of nitrogens with two attached hydrogens (primary N) is 1. The molecule has 0 bridgehead atoms. The quantitative estimate of drug-likeness (QED) is 0.730. The second-order valence-electron chi connectivity index (χ2n) is 6.00. The van der Waals surface area contributed by atoms with Crippen molar-refractivity contribution < 1.29 is 9.47 Å². The second-order valence-corrected chi connectivity index (χ2v) is 6.00. The fourth-order valence-electron chi connectivity index (χ4n) is 3.05. The summed E-state index contributed by atoms with van der Waals surface area (Å²) in [5, 5.41) is 6.81. The summed E-state index contributed by atoms with van der Waals surface area (Å²) < 4.78 is 10.6. The minimum Gasteiger partial charge on any atom is -0.497 e. The van der Waals surface area contributed by atoms with Gasteiger partial charge in [0.2, 0.25) is 5.95 Å². The molecule has 3 rings (SSSR count). The first-order chi connectivity index (χ1) is 12.2. The first-order valence-corrected chi connectivity index (χ1v) is 8.51. The van der Waals surface area contributed by atoms with Crippen molar-refractivity contribution in [3.05, 3.63) is 35.0 Å². The lowest BCUT2D eigenvalue weighted by molar-refractivity contribution is 0.393. The molecule has 0 unspecified atom stereocenters. The van der Waals surface area contributed by atoms with Gasteiger partial charge in [0, 0.05) is 31.1 Å². The zero-order valence-electron chi connectivity index (χ0n) is 14.8.